The quantitative estimate of drug-likeness (QED) is 0.162. The molecule has 0 spiro atoms. The topological polar surface area (TPSA) is 0 Å². The molecule has 0 bridgehead atoms. The van der Waals surface area contributed by atoms with Crippen molar-refractivity contribution in [3.8, 4) is 44.5 Å². The molecule has 0 amide bonds. The molecule has 0 atom stereocenters. The fourth-order valence-electron chi connectivity index (χ4n) is 8.55. The molecular weight excluding hydrogens is 649 g/mol. The molecule has 0 aliphatic carbocycles. The molecule has 250 valence electrons. The van der Waals surface area contributed by atoms with E-state index in [0.29, 0.717) is 0 Å². The zero-order valence-electron chi connectivity index (χ0n) is 29.6. The van der Waals surface area contributed by atoms with Gasteiger partial charge in [-0.15, -0.1) is 0 Å². The highest BCUT2D eigenvalue weighted by atomic mass is 14.1. The Labute approximate surface area is 314 Å². The maximum atomic E-state index is 2.34. The zero-order valence-corrected chi connectivity index (χ0v) is 29.6. The Morgan fingerprint density at radius 1 is 0.167 bits per heavy atom. The van der Waals surface area contributed by atoms with Crippen LogP contribution in [0.4, 0.5) is 0 Å². The summed E-state index contributed by atoms with van der Waals surface area (Å²) in [6, 6.07) is 76.1. The molecule has 54 heavy (non-hydrogen) atoms. The van der Waals surface area contributed by atoms with Crippen molar-refractivity contribution < 1.29 is 0 Å². The third kappa shape index (κ3) is 5.15. The highest BCUT2D eigenvalue weighted by molar-refractivity contribution is 6.12. The average Bonchev–Trinajstić information content (AvgIpc) is 3.25. The van der Waals surface area contributed by atoms with E-state index in [4.69, 9.17) is 0 Å². The van der Waals surface area contributed by atoms with Crippen molar-refractivity contribution in [1.29, 1.82) is 0 Å². The molecule has 0 nitrogen and oxygen atoms in total. The van der Waals surface area contributed by atoms with Gasteiger partial charge >= 0.3 is 0 Å². The van der Waals surface area contributed by atoms with Gasteiger partial charge in [0.05, 0.1) is 0 Å². The Bertz CT molecular complexity index is 3250. The van der Waals surface area contributed by atoms with Crippen molar-refractivity contribution in [3.63, 3.8) is 0 Å². The summed E-state index contributed by atoms with van der Waals surface area (Å²) >= 11 is 0. The van der Waals surface area contributed by atoms with Crippen LogP contribution in [0.3, 0.4) is 0 Å². The maximum Gasteiger partial charge on any atom is -0.0105 e. The summed E-state index contributed by atoms with van der Waals surface area (Å²) in [7, 11) is 0. The third-order valence-corrected chi connectivity index (χ3v) is 11.4. The molecule has 0 radical (unpaired) electrons. The fourth-order valence-corrected chi connectivity index (χ4v) is 8.55. The molecule has 0 aromatic heterocycles. The van der Waals surface area contributed by atoms with E-state index in [0.717, 1.165) is 0 Å². The molecular formula is C54H34. The Kier molecular flexibility index (Phi) is 6.97. The van der Waals surface area contributed by atoms with E-state index in [1.54, 1.807) is 0 Å². The first-order valence-electron chi connectivity index (χ1n) is 18.7. The minimum Gasteiger partial charge on any atom is -0.0616 e. The maximum absolute atomic E-state index is 2.34. The first kappa shape index (κ1) is 30.6. The largest absolute Gasteiger partial charge is 0.0616 e. The number of fused-ring (bicyclic) bond motifs is 8. The summed E-state index contributed by atoms with van der Waals surface area (Å²) in [5, 5.41) is 15.3. The van der Waals surface area contributed by atoms with Crippen LogP contribution in [0, 0.1) is 0 Å². The molecule has 0 saturated carbocycles. The Hall–Kier alpha value is -7.02. The predicted octanol–water partition coefficient (Wildman–Crippen LogP) is 15.3. The minimum atomic E-state index is 1.23. The van der Waals surface area contributed by atoms with E-state index in [1.807, 2.05) is 0 Å². The second kappa shape index (κ2) is 12.3. The lowest BCUT2D eigenvalue weighted by Gasteiger charge is -2.12. The molecule has 0 heterocycles. The van der Waals surface area contributed by atoms with Gasteiger partial charge < -0.3 is 0 Å². The minimum absolute atomic E-state index is 1.23. The van der Waals surface area contributed by atoms with Gasteiger partial charge in [0, 0.05) is 0 Å². The van der Waals surface area contributed by atoms with Gasteiger partial charge in [-0.3, -0.25) is 0 Å². The number of benzene rings is 11. The monoisotopic (exact) mass is 682 g/mol. The summed E-state index contributed by atoms with van der Waals surface area (Å²) in [4.78, 5) is 0. The number of hydrogen-bond donors (Lipinski definition) is 0. The lowest BCUT2D eigenvalue weighted by molar-refractivity contribution is 1.62. The predicted molar refractivity (Wildman–Crippen MR) is 233 cm³/mol. The van der Waals surface area contributed by atoms with Crippen LogP contribution in [0.5, 0.6) is 0 Å². The van der Waals surface area contributed by atoms with Gasteiger partial charge in [-0.2, -0.15) is 0 Å². The molecule has 0 N–H and O–H groups in total. The Balaban J connectivity index is 0.889. The van der Waals surface area contributed by atoms with Crippen molar-refractivity contribution in [2.75, 3.05) is 0 Å². The molecule has 11 aromatic rings. The van der Waals surface area contributed by atoms with Crippen molar-refractivity contribution in [2.24, 2.45) is 0 Å². The highest BCUT2D eigenvalue weighted by Crippen LogP contribution is 2.37. The van der Waals surface area contributed by atoms with E-state index >= 15 is 0 Å². The molecule has 0 saturated heterocycles. The van der Waals surface area contributed by atoms with Gasteiger partial charge in [0.2, 0.25) is 0 Å². The van der Waals surface area contributed by atoms with Crippen molar-refractivity contribution in [3.05, 3.63) is 206 Å². The molecule has 11 rings (SSSR count). The molecule has 0 fully saturated rings. The molecule has 11 aromatic carbocycles. The van der Waals surface area contributed by atoms with Gasteiger partial charge in [-0.1, -0.05) is 176 Å². The van der Waals surface area contributed by atoms with Crippen LogP contribution in [0.1, 0.15) is 0 Å². The van der Waals surface area contributed by atoms with Crippen LogP contribution in [0.2, 0.25) is 0 Å². The summed E-state index contributed by atoms with van der Waals surface area (Å²) in [6.07, 6.45) is 0. The third-order valence-electron chi connectivity index (χ3n) is 11.4. The van der Waals surface area contributed by atoms with Crippen LogP contribution in [0.15, 0.2) is 206 Å². The van der Waals surface area contributed by atoms with Crippen molar-refractivity contribution >= 4 is 64.6 Å². The average molecular weight is 683 g/mol. The van der Waals surface area contributed by atoms with Gasteiger partial charge in [0.15, 0.2) is 0 Å². The second-order valence-corrected chi connectivity index (χ2v) is 14.5. The lowest BCUT2D eigenvalue weighted by atomic mass is 9.92. The van der Waals surface area contributed by atoms with Gasteiger partial charge in [-0.05, 0) is 139 Å². The summed E-state index contributed by atoms with van der Waals surface area (Å²) < 4.78 is 0. The molecule has 0 aliphatic rings. The van der Waals surface area contributed by atoms with Crippen LogP contribution < -0.4 is 0 Å². The number of hydrogen-bond acceptors (Lipinski definition) is 0. The standard InChI is InChI=1S/C54H34/c1-2-8-39-30-40(17-16-35(39)6-1)36-12-14-37(15-13-36)41-22-26-51-44(31-41)18-19-45-32-42(23-27-52(45)51)43-24-28-53-46(33-43)20-21-47-34-48(25-29-54(47)53)50-11-5-9-38-7-3-4-10-49(38)50/h1-34H. The van der Waals surface area contributed by atoms with Crippen molar-refractivity contribution in [1.82, 2.24) is 0 Å². The van der Waals surface area contributed by atoms with E-state index < -0.39 is 0 Å². The van der Waals surface area contributed by atoms with E-state index in [9.17, 15) is 0 Å². The van der Waals surface area contributed by atoms with Gasteiger partial charge in [-0.25, -0.2) is 0 Å². The van der Waals surface area contributed by atoms with E-state index in [-0.39, 0.29) is 0 Å². The van der Waals surface area contributed by atoms with Crippen LogP contribution in [-0.4, -0.2) is 0 Å². The van der Waals surface area contributed by atoms with Crippen LogP contribution in [0.25, 0.3) is 109 Å². The highest BCUT2D eigenvalue weighted by Gasteiger charge is 2.10. The smallest absolute Gasteiger partial charge is 0.0105 e. The first-order chi connectivity index (χ1) is 26.7. The summed E-state index contributed by atoms with van der Waals surface area (Å²) in [5.74, 6) is 0. The normalized spacial score (nSPS) is 11.7. The van der Waals surface area contributed by atoms with E-state index in [2.05, 4.69) is 206 Å². The number of rotatable bonds is 4. The van der Waals surface area contributed by atoms with Gasteiger partial charge in [0.25, 0.3) is 0 Å². The SMILES string of the molecule is c1ccc2cc(-c3ccc(-c4ccc5c(ccc6cc(-c7ccc8c(ccc9cc(-c%10cccc%11ccccc%10%11)ccc98)c7)ccc65)c4)cc3)ccc2c1. The zero-order chi connectivity index (χ0) is 35.6. The summed E-state index contributed by atoms with van der Waals surface area (Å²) in [5.41, 5.74) is 9.94. The summed E-state index contributed by atoms with van der Waals surface area (Å²) in [6.45, 7) is 0. The first-order valence-corrected chi connectivity index (χ1v) is 18.7. The van der Waals surface area contributed by atoms with Gasteiger partial charge in [0.1, 0.15) is 0 Å². The van der Waals surface area contributed by atoms with Crippen molar-refractivity contribution in [2.45, 2.75) is 0 Å². The molecule has 0 unspecified atom stereocenters. The molecule has 0 aliphatic heterocycles. The van der Waals surface area contributed by atoms with E-state index in [1.165, 1.54) is 109 Å². The Morgan fingerprint density at radius 2 is 0.519 bits per heavy atom. The second-order valence-electron chi connectivity index (χ2n) is 14.5. The van der Waals surface area contributed by atoms with Crippen LogP contribution >= 0.6 is 0 Å². The lowest BCUT2D eigenvalue weighted by Crippen LogP contribution is -1.85. The Morgan fingerprint density at radius 3 is 1.07 bits per heavy atom. The fraction of sp³-hybridized carbons (Fsp3) is 0. The molecule has 0 heteroatoms. The van der Waals surface area contributed by atoms with Crippen LogP contribution in [-0.2, 0) is 0 Å².